The average Bonchev–Trinajstić information content (AvgIpc) is 2.84. The van der Waals surface area contributed by atoms with Crippen molar-refractivity contribution in [2.75, 3.05) is 31.7 Å². The van der Waals surface area contributed by atoms with Crippen molar-refractivity contribution in [3.05, 3.63) is 64.9 Å². The quantitative estimate of drug-likeness (QED) is 0.633. The minimum atomic E-state index is -0.454. The van der Waals surface area contributed by atoms with Gasteiger partial charge in [-0.2, -0.15) is 0 Å². The monoisotopic (exact) mass is 448 g/mol. The summed E-state index contributed by atoms with van der Waals surface area (Å²) in [5.41, 5.74) is 5.66. The molecular formula is C26H29FN4O2. The molecule has 0 spiro atoms. The predicted octanol–water partition coefficient (Wildman–Crippen LogP) is 4.14. The Kier molecular flexibility index (Phi) is 5.89. The van der Waals surface area contributed by atoms with E-state index in [-0.39, 0.29) is 11.7 Å². The van der Waals surface area contributed by atoms with Crippen molar-refractivity contribution in [3.63, 3.8) is 0 Å². The lowest BCUT2D eigenvalue weighted by Crippen LogP contribution is -2.38. The fourth-order valence-electron chi connectivity index (χ4n) is 4.65. The maximum absolute atomic E-state index is 14.9. The van der Waals surface area contributed by atoms with E-state index in [1.807, 2.05) is 6.07 Å². The predicted molar refractivity (Wildman–Crippen MR) is 127 cm³/mol. The largest absolute Gasteiger partial charge is 0.493 e. The first-order valence-electron chi connectivity index (χ1n) is 11.5. The highest BCUT2D eigenvalue weighted by molar-refractivity contribution is 5.76. The summed E-state index contributed by atoms with van der Waals surface area (Å²) in [6.45, 7) is 7.51. The van der Waals surface area contributed by atoms with E-state index in [0.717, 1.165) is 37.3 Å². The van der Waals surface area contributed by atoms with Gasteiger partial charge in [-0.15, -0.1) is 0 Å². The van der Waals surface area contributed by atoms with Crippen LogP contribution in [-0.4, -0.2) is 42.8 Å². The Morgan fingerprint density at radius 1 is 1.21 bits per heavy atom. The molecule has 0 saturated carbocycles. The van der Waals surface area contributed by atoms with Crippen LogP contribution in [0.3, 0.4) is 0 Å². The highest BCUT2D eigenvalue weighted by Gasteiger charge is 2.26. The average molecular weight is 449 g/mol. The van der Waals surface area contributed by atoms with Crippen molar-refractivity contribution in [1.29, 1.82) is 0 Å². The van der Waals surface area contributed by atoms with Gasteiger partial charge in [-0.3, -0.25) is 0 Å². The van der Waals surface area contributed by atoms with Crippen LogP contribution in [0.1, 0.15) is 36.4 Å². The van der Waals surface area contributed by atoms with Gasteiger partial charge in [0.1, 0.15) is 18.1 Å². The van der Waals surface area contributed by atoms with Crippen molar-refractivity contribution in [2.24, 2.45) is 0 Å². The first-order valence-corrected chi connectivity index (χ1v) is 11.5. The lowest BCUT2D eigenvalue weighted by Gasteiger charge is -2.35. The molecule has 172 valence electrons. The van der Waals surface area contributed by atoms with Gasteiger partial charge in [-0.1, -0.05) is 18.2 Å². The van der Waals surface area contributed by atoms with Crippen molar-refractivity contribution in [3.8, 4) is 22.8 Å². The number of rotatable bonds is 5. The molecule has 1 aromatic heterocycles. The van der Waals surface area contributed by atoms with Gasteiger partial charge >= 0.3 is 0 Å². The molecule has 0 fully saturated rings. The second-order valence-corrected chi connectivity index (χ2v) is 8.85. The first-order chi connectivity index (χ1) is 16.0. The van der Waals surface area contributed by atoms with Gasteiger partial charge in [0.25, 0.3) is 0 Å². The summed E-state index contributed by atoms with van der Waals surface area (Å²) in [6.07, 6.45) is 2.84. The number of aromatic nitrogens is 2. The summed E-state index contributed by atoms with van der Waals surface area (Å²) in [6, 6.07) is 10.5. The van der Waals surface area contributed by atoms with Crippen molar-refractivity contribution >= 4 is 5.69 Å². The van der Waals surface area contributed by atoms with Crippen LogP contribution >= 0.6 is 0 Å². The molecule has 2 aromatic carbocycles. The molecule has 33 heavy (non-hydrogen) atoms. The minimum Gasteiger partial charge on any atom is -0.493 e. The topological polar surface area (TPSA) is 59.5 Å². The van der Waals surface area contributed by atoms with E-state index in [0.29, 0.717) is 35.9 Å². The zero-order valence-corrected chi connectivity index (χ0v) is 19.3. The number of nitrogens with one attached hydrogen (secondary N) is 1. The zero-order chi connectivity index (χ0) is 22.9. The van der Waals surface area contributed by atoms with Crippen LogP contribution in [0.15, 0.2) is 36.5 Å². The van der Waals surface area contributed by atoms with E-state index in [2.05, 4.69) is 52.2 Å². The van der Waals surface area contributed by atoms with Gasteiger partial charge in [-0.05, 0) is 55.6 Å². The standard InChI is InChI=1S/C26H29FN4O2/c1-16(2)31-8-9-33-26-22(31)12-20(13-23(26)32-3)25-21(27)15-29-24(30-25)11-17-4-5-19-14-28-7-6-18(19)10-17/h4-5,10,12-13,15-16,28H,6-9,11,14H2,1-3H3. The molecule has 0 radical (unpaired) electrons. The van der Waals surface area contributed by atoms with Gasteiger partial charge in [0, 0.05) is 24.6 Å². The molecule has 5 rings (SSSR count). The van der Waals surface area contributed by atoms with E-state index in [1.54, 1.807) is 13.2 Å². The fourth-order valence-corrected chi connectivity index (χ4v) is 4.65. The van der Waals surface area contributed by atoms with Crippen molar-refractivity contribution in [1.82, 2.24) is 15.3 Å². The number of hydrogen-bond acceptors (Lipinski definition) is 6. The molecule has 0 atom stereocenters. The van der Waals surface area contributed by atoms with Crippen LogP contribution in [0.5, 0.6) is 11.5 Å². The van der Waals surface area contributed by atoms with Crippen molar-refractivity contribution in [2.45, 2.75) is 39.3 Å². The SMILES string of the molecule is COc1cc(-c2nc(Cc3ccc4c(c3)CCNC4)ncc2F)cc2c1OCCN2C(C)C. The van der Waals surface area contributed by atoms with Gasteiger partial charge < -0.3 is 19.7 Å². The van der Waals surface area contributed by atoms with Crippen LogP contribution in [0.25, 0.3) is 11.3 Å². The van der Waals surface area contributed by atoms with E-state index < -0.39 is 5.82 Å². The number of benzene rings is 2. The van der Waals surface area contributed by atoms with E-state index in [4.69, 9.17) is 9.47 Å². The molecule has 0 saturated heterocycles. The van der Waals surface area contributed by atoms with E-state index in [1.165, 1.54) is 17.3 Å². The lowest BCUT2D eigenvalue weighted by molar-refractivity contribution is 0.282. The molecule has 0 aliphatic carbocycles. The second-order valence-electron chi connectivity index (χ2n) is 8.85. The summed E-state index contributed by atoms with van der Waals surface area (Å²) in [7, 11) is 1.60. The van der Waals surface area contributed by atoms with Crippen LogP contribution < -0.4 is 19.7 Å². The highest BCUT2D eigenvalue weighted by Crippen LogP contribution is 2.44. The number of ether oxygens (including phenoxy) is 2. The Morgan fingerprint density at radius 3 is 2.91 bits per heavy atom. The number of anilines is 1. The third-order valence-corrected chi connectivity index (χ3v) is 6.35. The van der Waals surface area contributed by atoms with Gasteiger partial charge in [0.15, 0.2) is 17.3 Å². The maximum atomic E-state index is 14.9. The molecule has 6 nitrogen and oxygen atoms in total. The highest BCUT2D eigenvalue weighted by atomic mass is 19.1. The van der Waals surface area contributed by atoms with E-state index >= 15 is 0 Å². The molecule has 0 bridgehead atoms. The smallest absolute Gasteiger partial charge is 0.184 e. The third kappa shape index (κ3) is 4.25. The fraction of sp³-hybridized carbons (Fsp3) is 0.385. The summed E-state index contributed by atoms with van der Waals surface area (Å²) < 4.78 is 26.4. The normalized spacial score (nSPS) is 15.1. The van der Waals surface area contributed by atoms with Gasteiger partial charge in [0.05, 0.1) is 25.5 Å². The molecule has 1 N–H and O–H groups in total. The first kappa shape index (κ1) is 21.6. The minimum absolute atomic E-state index is 0.275. The number of nitrogens with zero attached hydrogens (tertiary/aromatic N) is 3. The Bertz CT molecular complexity index is 1180. The summed E-state index contributed by atoms with van der Waals surface area (Å²) in [5, 5.41) is 3.39. The molecule has 2 aliphatic rings. The van der Waals surface area contributed by atoms with Crippen LogP contribution in [0.4, 0.5) is 10.1 Å². The van der Waals surface area contributed by atoms with Crippen LogP contribution in [0, 0.1) is 5.82 Å². The molecule has 2 aliphatic heterocycles. The summed E-state index contributed by atoms with van der Waals surface area (Å²) >= 11 is 0. The molecule has 3 aromatic rings. The maximum Gasteiger partial charge on any atom is 0.184 e. The Labute approximate surface area is 193 Å². The molecule has 0 amide bonds. The van der Waals surface area contributed by atoms with Crippen LogP contribution in [0.2, 0.25) is 0 Å². The van der Waals surface area contributed by atoms with Gasteiger partial charge in [0.2, 0.25) is 0 Å². The Balaban J connectivity index is 1.51. The molecule has 3 heterocycles. The lowest BCUT2D eigenvalue weighted by atomic mass is 9.97. The van der Waals surface area contributed by atoms with Gasteiger partial charge in [-0.25, -0.2) is 14.4 Å². The number of methoxy groups -OCH3 is 1. The van der Waals surface area contributed by atoms with Crippen LogP contribution in [-0.2, 0) is 19.4 Å². The zero-order valence-electron chi connectivity index (χ0n) is 19.3. The second kappa shape index (κ2) is 8.98. The molecule has 7 heteroatoms. The number of halogens is 1. The molecule has 0 unspecified atom stereocenters. The number of hydrogen-bond donors (Lipinski definition) is 1. The number of fused-ring (bicyclic) bond motifs is 2. The third-order valence-electron chi connectivity index (χ3n) is 6.35. The van der Waals surface area contributed by atoms with Crippen molar-refractivity contribution < 1.29 is 13.9 Å². The Hall–Kier alpha value is -3.19. The summed E-state index contributed by atoms with van der Waals surface area (Å²) in [5.74, 6) is 1.41. The Morgan fingerprint density at radius 2 is 2.09 bits per heavy atom. The van der Waals surface area contributed by atoms with E-state index in [9.17, 15) is 4.39 Å². The molecular weight excluding hydrogens is 419 g/mol. The summed E-state index contributed by atoms with van der Waals surface area (Å²) in [4.78, 5) is 11.2.